The van der Waals surface area contributed by atoms with Crippen molar-refractivity contribution in [3.8, 4) is 11.1 Å². The predicted molar refractivity (Wildman–Crippen MR) is 161 cm³/mol. The number of hydrogen-bond donors (Lipinski definition) is 2. The fourth-order valence-electron chi connectivity index (χ4n) is 5.43. The van der Waals surface area contributed by atoms with Gasteiger partial charge in [0.1, 0.15) is 5.69 Å². The molecule has 6 rings (SSSR count). The maximum Gasteiger partial charge on any atom is 0.274 e. The van der Waals surface area contributed by atoms with Gasteiger partial charge in [-0.05, 0) is 67.6 Å². The molecule has 5 aromatic rings. The van der Waals surface area contributed by atoms with Gasteiger partial charge in [-0.3, -0.25) is 4.79 Å². The number of aryl methyl sites for hydroxylation is 2. The quantitative estimate of drug-likeness (QED) is 0.272. The molecule has 40 heavy (non-hydrogen) atoms. The summed E-state index contributed by atoms with van der Waals surface area (Å²) in [5, 5.41) is 11.0. The van der Waals surface area contributed by atoms with Gasteiger partial charge in [0.25, 0.3) is 5.91 Å². The number of hydrogen-bond acceptors (Lipinski definition) is 5. The summed E-state index contributed by atoms with van der Waals surface area (Å²) < 4.78 is 1.72. The maximum atomic E-state index is 13.4. The lowest BCUT2D eigenvalue weighted by Gasteiger charge is -2.34. The summed E-state index contributed by atoms with van der Waals surface area (Å²) in [5.41, 5.74) is 7.41. The van der Waals surface area contributed by atoms with Crippen molar-refractivity contribution in [2.75, 3.05) is 30.4 Å². The van der Waals surface area contributed by atoms with Gasteiger partial charge < -0.3 is 15.5 Å². The van der Waals surface area contributed by atoms with E-state index >= 15 is 0 Å². The summed E-state index contributed by atoms with van der Waals surface area (Å²) >= 11 is 0. The van der Waals surface area contributed by atoms with Crippen molar-refractivity contribution in [2.24, 2.45) is 0 Å². The number of para-hydroxylation sites is 2. The molecule has 2 aromatic heterocycles. The van der Waals surface area contributed by atoms with Crippen molar-refractivity contribution in [3.05, 3.63) is 114 Å². The van der Waals surface area contributed by atoms with Crippen molar-refractivity contribution in [3.63, 3.8) is 0 Å². The molecule has 202 valence electrons. The van der Waals surface area contributed by atoms with Crippen LogP contribution < -0.4 is 15.5 Å². The topological polar surface area (TPSA) is 74.6 Å². The minimum atomic E-state index is -0.233. The molecule has 1 amide bonds. The molecule has 1 fully saturated rings. The van der Waals surface area contributed by atoms with E-state index in [1.807, 2.05) is 37.5 Å². The molecule has 2 N–H and O–H groups in total. The zero-order valence-corrected chi connectivity index (χ0v) is 22.8. The predicted octanol–water partition coefficient (Wildman–Crippen LogP) is 5.62. The number of nitrogens with one attached hydrogen (secondary N) is 2. The van der Waals surface area contributed by atoms with Crippen LogP contribution in [0.3, 0.4) is 0 Å². The molecule has 1 saturated heterocycles. The lowest BCUT2D eigenvalue weighted by molar-refractivity contribution is 0.102. The Balaban J connectivity index is 1.18. The zero-order valence-electron chi connectivity index (χ0n) is 22.8. The van der Waals surface area contributed by atoms with E-state index in [0.717, 1.165) is 61.3 Å². The Labute approximate surface area is 234 Å². The lowest BCUT2D eigenvalue weighted by atomic mass is 10.0. The molecule has 7 nitrogen and oxygen atoms in total. The highest BCUT2D eigenvalue weighted by molar-refractivity contribution is 6.05. The first kappa shape index (κ1) is 25.8. The zero-order chi connectivity index (χ0) is 27.3. The van der Waals surface area contributed by atoms with Crippen molar-refractivity contribution in [1.82, 2.24) is 19.9 Å². The van der Waals surface area contributed by atoms with Crippen LogP contribution in [0.4, 0.5) is 11.4 Å². The molecule has 3 aromatic carbocycles. The third-order valence-corrected chi connectivity index (χ3v) is 7.81. The highest BCUT2D eigenvalue weighted by Crippen LogP contribution is 2.29. The normalized spacial score (nSPS) is 14.0. The Morgan fingerprint density at radius 2 is 1.57 bits per heavy atom. The Morgan fingerprint density at radius 1 is 0.875 bits per heavy atom. The smallest absolute Gasteiger partial charge is 0.274 e. The Morgan fingerprint density at radius 3 is 2.33 bits per heavy atom. The van der Waals surface area contributed by atoms with Gasteiger partial charge in [-0.15, -0.1) is 0 Å². The Hall–Kier alpha value is -4.49. The molecule has 1 aliphatic heterocycles. The molecule has 0 saturated carbocycles. The first-order valence-corrected chi connectivity index (χ1v) is 14.0. The number of benzene rings is 3. The third kappa shape index (κ3) is 5.60. The molecule has 0 radical (unpaired) electrons. The Bertz CT molecular complexity index is 1590. The van der Waals surface area contributed by atoms with Crippen LogP contribution in [0.15, 0.2) is 97.3 Å². The van der Waals surface area contributed by atoms with Crippen molar-refractivity contribution >= 4 is 22.9 Å². The van der Waals surface area contributed by atoms with Gasteiger partial charge in [-0.25, -0.2) is 9.50 Å². The number of carbonyl (C=O) groups excluding carboxylic acids is 1. The number of aromatic nitrogens is 3. The van der Waals surface area contributed by atoms with E-state index in [-0.39, 0.29) is 5.91 Å². The second-order valence-electron chi connectivity index (χ2n) is 10.3. The van der Waals surface area contributed by atoms with Gasteiger partial charge in [-0.1, -0.05) is 66.7 Å². The number of amides is 1. The number of anilines is 2. The summed E-state index contributed by atoms with van der Waals surface area (Å²) in [6.07, 6.45) is 7.76. The summed E-state index contributed by atoms with van der Waals surface area (Å²) in [6.45, 7) is 1.90. The number of piperidine rings is 1. The van der Waals surface area contributed by atoms with E-state index in [1.54, 1.807) is 16.8 Å². The van der Waals surface area contributed by atoms with Crippen LogP contribution in [0.1, 0.15) is 34.5 Å². The molecule has 0 atom stereocenters. The lowest BCUT2D eigenvalue weighted by Crippen LogP contribution is -2.41. The fraction of sp³-hybridized carbons (Fsp3) is 0.242. The summed E-state index contributed by atoms with van der Waals surface area (Å²) in [5.74, 6) is -0.233. The van der Waals surface area contributed by atoms with Crippen LogP contribution in [0.25, 0.3) is 16.8 Å². The second-order valence-corrected chi connectivity index (χ2v) is 10.3. The van der Waals surface area contributed by atoms with E-state index in [2.05, 4.69) is 75.2 Å². The van der Waals surface area contributed by atoms with Crippen LogP contribution in [0, 0.1) is 0 Å². The molecular weight excluding hydrogens is 496 g/mol. The minimum absolute atomic E-state index is 0.233. The highest BCUT2D eigenvalue weighted by Gasteiger charge is 2.21. The first-order chi connectivity index (χ1) is 19.7. The standard InChI is InChI=1S/C33H34N6O/c1-34-27-17-20-38(21-18-27)31-10-6-5-9-29(31)37-33(40)30-19-22-39-32(36-30)28(23-35-39)26-15-13-25(14-16-26)12-11-24-7-3-2-4-8-24/h2-10,13-16,19,22-23,27,34H,11-12,17-18,20-21H2,1H3,(H,37,40). The van der Waals surface area contributed by atoms with Gasteiger partial charge in [0.05, 0.1) is 17.6 Å². The van der Waals surface area contributed by atoms with Crippen LogP contribution in [0.5, 0.6) is 0 Å². The SMILES string of the molecule is CNC1CCN(c2ccccc2NC(=O)c2ccn3ncc(-c4ccc(CCc5ccccc5)cc4)c3n2)CC1. The van der Waals surface area contributed by atoms with Gasteiger partial charge in [-0.2, -0.15) is 5.10 Å². The molecule has 1 aliphatic rings. The van der Waals surface area contributed by atoms with E-state index < -0.39 is 0 Å². The van der Waals surface area contributed by atoms with Crippen LogP contribution >= 0.6 is 0 Å². The molecule has 0 spiro atoms. The monoisotopic (exact) mass is 530 g/mol. The van der Waals surface area contributed by atoms with Crippen LogP contribution in [0.2, 0.25) is 0 Å². The maximum absolute atomic E-state index is 13.4. The number of nitrogens with zero attached hydrogens (tertiary/aromatic N) is 4. The molecule has 0 bridgehead atoms. The summed E-state index contributed by atoms with van der Waals surface area (Å²) in [6, 6.07) is 29.3. The number of rotatable bonds is 8. The summed E-state index contributed by atoms with van der Waals surface area (Å²) in [7, 11) is 2.02. The number of fused-ring (bicyclic) bond motifs is 1. The largest absolute Gasteiger partial charge is 0.370 e. The van der Waals surface area contributed by atoms with Crippen LogP contribution in [-0.2, 0) is 12.8 Å². The van der Waals surface area contributed by atoms with Crippen molar-refractivity contribution < 1.29 is 4.79 Å². The highest BCUT2D eigenvalue weighted by atomic mass is 16.1. The van der Waals surface area contributed by atoms with Crippen molar-refractivity contribution in [2.45, 2.75) is 31.7 Å². The van der Waals surface area contributed by atoms with E-state index in [4.69, 9.17) is 4.98 Å². The van der Waals surface area contributed by atoms with Gasteiger partial charge >= 0.3 is 0 Å². The molecule has 0 unspecified atom stereocenters. The minimum Gasteiger partial charge on any atom is -0.370 e. The van der Waals surface area contributed by atoms with Crippen LogP contribution in [-0.4, -0.2) is 46.7 Å². The fourth-order valence-corrected chi connectivity index (χ4v) is 5.43. The van der Waals surface area contributed by atoms with Gasteiger partial charge in [0.2, 0.25) is 0 Å². The van der Waals surface area contributed by atoms with E-state index in [1.165, 1.54) is 11.1 Å². The molecule has 0 aliphatic carbocycles. The second kappa shape index (κ2) is 11.7. The van der Waals surface area contributed by atoms with E-state index in [0.29, 0.717) is 17.4 Å². The average molecular weight is 531 g/mol. The summed E-state index contributed by atoms with van der Waals surface area (Å²) in [4.78, 5) is 20.4. The van der Waals surface area contributed by atoms with Crippen molar-refractivity contribution in [1.29, 1.82) is 0 Å². The van der Waals surface area contributed by atoms with Gasteiger partial charge in [0, 0.05) is 30.9 Å². The molecule has 3 heterocycles. The molecule has 7 heteroatoms. The first-order valence-electron chi connectivity index (χ1n) is 14.0. The van der Waals surface area contributed by atoms with Gasteiger partial charge in [0.15, 0.2) is 5.65 Å². The van der Waals surface area contributed by atoms with E-state index in [9.17, 15) is 4.79 Å². The Kier molecular flexibility index (Phi) is 7.55. The molecular formula is C33H34N6O. The average Bonchev–Trinajstić information content (AvgIpc) is 3.44. The third-order valence-electron chi connectivity index (χ3n) is 7.81. The number of carbonyl (C=O) groups is 1.